The highest BCUT2D eigenvalue weighted by Crippen LogP contribution is 2.28. The van der Waals surface area contributed by atoms with Crippen LogP contribution in [0.15, 0.2) is 4.21 Å². The van der Waals surface area contributed by atoms with Gasteiger partial charge in [0.05, 0.1) is 11.3 Å². The van der Waals surface area contributed by atoms with Gasteiger partial charge in [0.15, 0.2) is 9.34 Å². The molecule has 6 nitrogen and oxygen atoms in total. The van der Waals surface area contributed by atoms with Crippen molar-refractivity contribution in [2.75, 3.05) is 12.3 Å². The lowest BCUT2D eigenvalue weighted by molar-refractivity contribution is -0.0599. The minimum absolute atomic E-state index is 0.114. The van der Waals surface area contributed by atoms with Crippen LogP contribution in [0.25, 0.3) is 0 Å². The number of hydrogen-bond acceptors (Lipinski definition) is 6. The average molecular weight is 305 g/mol. The third-order valence-corrected chi connectivity index (χ3v) is 6.15. The molecule has 1 saturated heterocycles. The molecule has 0 amide bonds. The van der Waals surface area contributed by atoms with E-state index in [0.717, 1.165) is 11.3 Å². The standard InChI is InChI=1S/C11H19N3O3S2/c1-7-9(18-10(12)13-7)19(15,16)14-8-4-5-17-11(2,3)6-8/h8,14H,4-6H2,1-3H3,(H2,12,13). The number of anilines is 1. The molecule has 1 aliphatic heterocycles. The highest BCUT2D eigenvalue weighted by Gasteiger charge is 2.32. The first kappa shape index (κ1) is 14.7. The van der Waals surface area contributed by atoms with E-state index >= 15 is 0 Å². The van der Waals surface area contributed by atoms with Crippen LogP contribution in [-0.2, 0) is 14.8 Å². The molecular formula is C11H19N3O3S2. The van der Waals surface area contributed by atoms with E-state index in [1.807, 2.05) is 13.8 Å². The molecule has 3 N–H and O–H groups in total. The van der Waals surface area contributed by atoms with Crippen LogP contribution in [0.3, 0.4) is 0 Å². The molecule has 1 aromatic rings. The van der Waals surface area contributed by atoms with Crippen molar-refractivity contribution in [1.82, 2.24) is 9.71 Å². The summed E-state index contributed by atoms with van der Waals surface area (Å²) in [7, 11) is -3.55. The van der Waals surface area contributed by atoms with Gasteiger partial charge in [-0.25, -0.2) is 18.1 Å². The lowest BCUT2D eigenvalue weighted by Gasteiger charge is -2.35. The second-order valence-corrected chi connectivity index (χ2v) is 8.28. The molecule has 1 aliphatic rings. The molecule has 0 spiro atoms. The maximum absolute atomic E-state index is 12.3. The van der Waals surface area contributed by atoms with Crippen LogP contribution in [0.4, 0.5) is 5.13 Å². The molecule has 0 aromatic carbocycles. The third kappa shape index (κ3) is 3.44. The zero-order valence-electron chi connectivity index (χ0n) is 11.3. The average Bonchev–Trinajstić information content (AvgIpc) is 2.56. The van der Waals surface area contributed by atoms with Gasteiger partial charge in [-0.1, -0.05) is 11.3 Å². The third-order valence-electron chi connectivity index (χ3n) is 3.03. The van der Waals surface area contributed by atoms with Crippen LogP contribution in [-0.4, -0.2) is 31.7 Å². The predicted octanol–water partition coefficient (Wildman–Crippen LogP) is 1.27. The molecule has 1 atom stereocenters. The summed E-state index contributed by atoms with van der Waals surface area (Å²) in [5.41, 5.74) is 5.69. The Morgan fingerprint density at radius 1 is 1.53 bits per heavy atom. The van der Waals surface area contributed by atoms with E-state index in [0.29, 0.717) is 25.1 Å². The van der Waals surface area contributed by atoms with Gasteiger partial charge in [-0.2, -0.15) is 0 Å². The number of ether oxygens (including phenoxy) is 1. The number of rotatable bonds is 3. The van der Waals surface area contributed by atoms with Crippen LogP contribution < -0.4 is 10.5 Å². The van der Waals surface area contributed by atoms with Gasteiger partial charge < -0.3 is 10.5 Å². The Bertz CT molecular complexity index is 566. The maximum Gasteiger partial charge on any atom is 0.252 e. The van der Waals surface area contributed by atoms with Crippen molar-refractivity contribution in [3.8, 4) is 0 Å². The van der Waals surface area contributed by atoms with Crippen molar-refractivity contribution >= 4 is 26.5 Å². The van der Waals surface area contributed by atoms with Gasteiger partial charge in [-0.3, -0.25) is 0 Å². The van der Waals surface area contributed by atoms with E-state index in [-0.39, 0.29) is 21.0 Å². The number of nitrogens with zero attached hydrogens (tertiary/aromatic N) is 1. The number of hydrogen-bond donors (Lipinski definition) is 2. The summed E-state index contributed by atoms with van der Waals surface area (Å²) < 4.78 is 33.1. The molecule has 0 aliphatic carbocycles. The zero-order valence-corrected chi connectivity index (χ0v) is 12.9. The first-order valence-corrected chi connectivity index (χ1v) is 8.39. The van der Waals surface area contributed by atoms with Crippen LogP contribution in [0.5, 0.6) is 0 Å². The first-order chi connectivity index (χ1) is 8.70. The van der Waals surface area contributed by atoms with Gasteiger partial charge in [0, 0.05) is 12.6 Å². The summed E-state index contributed by atoms with van der Waals surface area (Å²) >= 11 is 0.995. The number of aryl methyl sites for hydroxylation is 1. The largest absolute Gasteiger partial charge is 0.375 e. The molecule has 108 valence electrons. The van der Waals surface area contributed by atoms with Crippen LogP contribution >= 0.6 is 11.3 Å². The summed E-state index contributed by atoms with van der Waals surface area (Å²) in [6, 6.07) is -0.114. The molecule has 2 heterocycles. The highest BCUT2D eigenvalue weighted by molar-refractivity contribution is 7.91. The second kappa shape index (κ2) is 5.01. The van der Waals surface area contributed by atoms with Crippen molar-refractivity contribution in [3.63, 3.8) is 0 Å². The number of nitrogens with two attached hydrogens (primary N) is 1. The van der Waals surface area contributed by atoms with Crippen molar-refractivity contribution in [2.45, 2.75) is 49.5 Å². The lowest BCUT2D eigenvalue weighted by atomic mass is 9.95. The van der Waals surface area contributed by atoms with Crippen molar-refractivity contribution in [3.05, 3.63) is 5.69 Å². The van der Waals surface area contributed by atoms with Gasteiger partial charge in [0.1, 0.15) is 0 Å². The summed E-state index contributed by atoms with van der Waals surface area (Å²) in [5, 5.41) is 0.269. The van der Waals surface area contributed by atoms with Gasteiger partial charge in [0.25, 0.3) is 10.0 Å². The van der Waals surface area contributed by atoms with Crippen LogP contribution in [0.1, 0.15) is 32.4 Å². The predicted molar refractivity (Wildman–Crippen MR) is 74.6 cm³/mol. The molecular weight excluding hydrogens is 286 g/mol. The van der Waals surface area contributed by atoms with E-state index in [4.69, 9.17) is 10.5 Å². The smallest absolute Gasteiger partial charge is 0.252 e. The van der Waals surface area contributed by atoms with Crippen molar-refractivity contribution in [1.29, 1.82) is 0 Å². The molecule has 2 rings (SSSR count). The summed E-state index contributed by atoms with van der Waals surface area (Å²) in [6.45, 7) is 6.13. The van der Waals surface area contributed by atoms with Gasteiger partial charge in [-0.15, -0.1) is 0 Å². The van der Waals surface area contributed by atoms with Gasteiger partial charge in [-0.05, 0) is 33.6 Å². The minimum atomic E-state index is -3.55. The molecule has 0 radical (unpaired) electrons. The summed E-state index contributed by atoms with van der Waals surface area (Å²) in [6.07, 6.45) is 1.33. The number of nitrogen functional groups attached to an aromatic ring is 1. The first-order valence-electron chi connectivity index (χ1n) is 6.09. The Kier molecular flexibility index (Phi) is 3.87. The van der Waals surface area contributed by atoms with Crippen LogP contribution in [0.2, 0.25) is 0 Å². The fourth-order valence-corrected chi connectivity index (χ4v) is 4.84. The summed E-state index contributed by atoms with van der Waals surface area (Å²) in [4.78, 5) is 3.95. The fourth-order valence-electron chi connectivity index (χ4n) is 2.26. The van der Waals surface area contributed by atoms with Crippen molar-refractivity contribution in [2.24, 2.45) is 0 Å². The molecule has 0 saturated carbocycles. The molecule has 1 fully saturated rings. The highest BCUT2D eigenvalue weighted by atomic mass is 32.2. The van der Waals surface area contributed by atoms with E-state index in [9.17, 15) is 8.42 Å². The Hall–Kier alpha value is -0.700. The SMILES string of the molecule is Cc1nc(N)sc1S(=O)(=O)NC1CCOC(C)(C)C1. The number of thiazole rings is 1. The molecule has 19 heavy (non-hydrogen) atoms. The topological polar surface area (TPSA) is 94.3 Å². The molecule has 0 bridgehead atoms. The Balaban J connectivity index is 2.16. The normalized spacial score (nSPS) is 23.4. The number of nitrogens with one attached hydrogen (secondary N) is 1. The molecule has 1 unspecified atom stereocenters. The Labute approximate surface area is 117 Å². The van der Waals surface area contributed by atoms with E-state index < -0.39 is 10.0 Å². The number of sulfonamides is 1. The zero-order chi connectivity index (χ0) is 14.3. The van der Waals surface area contributed by atoms with Gasteiger partial charge >= 0.3 is 0 Å². The fraction of sp³-hybridized carbons (Fsp3) is 0.727. The quantitative estimate of drug-likeness (QED) is 0.877. The maximum atomic E-state index is 12.3. The number of aromatic nitrogens is 1. The van der Waals surface area contributed by atoms with E-state index in [1.165, 1.54) is 0 Å². The lowest BCUT2D eigenvalue weighted by Crippen LogP contribution is -2.45. The summed E-state index contributed by atoms with van der Waals surface area (Å²) in [5.74, 6) is 0. The monoisotopic (exact) mass is 305 g/mol. The Morgan fingerprint density at radius 2 is 2.21 bits per heavy atom. The molecule has 1 aromatic heterocycles. The van der Waals surface area contributed by atoms with Crippen LogP contribution in [0, 0.1) is 6.92 Å². The Morgan fingerprint density at radius 3 is 2.74 bits per heavy atom. The second-order valence-electron chi connectivity index (χ2n) is 5.34. The van der Waals surface area contributed by atoms with E-state index in [1.54, 1.807) is 6.92 Å². The minimum Gasteiger partial charge on any atom is -0.375 e. The van der Waals surface area contributed by atoms with Crippen molar-refractivity contribution < 1.29 is 13.2 Å². The van der Waals surface area contributed by atoms with Gasteiger partial charge in [0.2, 0.25) is 0 Å². The van der Waals surface area contributed by atoms with E-state index in [2.05, 4.69) is 9.71 Å². The molecule has 8 heteroatoms.